The predicted octanol–water partition coefficient (Wildman–Crippen LogP) is 3.70. The molecule has 0 N–H and O–H groups in total. The van der Waals surface area contributed by atoms with Crippen LogP contribution in [0.25, 0.3) is 0 Å². The summed E-state index contributed by atoms with van der Waals surface area (Å²) in [5.41, 5.74) is 1.80. The zero-order valence-corrected chi connectivity index (χ0v) is 11.3. The van der Waals surface area contributed by atoms with Crippen molar-refractivity contribution in [1.29, 1.82) is 0 Å². The molecule has 0 aromatic heterocycles. The van der Waals surface area contributed by atoms with E-state index >= 15 is 0 Å². The van der Waals surface area contributed by atoms with Gasteiger partial charge < -0.3 is 9.05 Å². The quantitative estimate of drug-likeness (QED) is 0.594. The van der Waals surface area contributed by atoms with Crippen LogP contribution in [0.1, 0.15) is 11.1 Å². The van der Waals surface area contributed by atoms with Gasteiger partial charge in [-0.1, -0.05) is 60.7 Å². The van der Waals surface area contributed by atoms with Crippen LogP contribution in [0, 0.1) is 0 Å². The van der Waals surface area contributed by atoms with Crippen LogP contribution >= 0.6 is 7.47 Å². The Morgan fingerprint density at radius 2 is 1.16 bits per heavy atom. The average molecular weight is 272 g/mol. The molecule has 0 aliphatic heterocycles. The summed E-state index contributed by atoms with van der Waals surface area (Å²) in [4.78, 5) is 0. The van der Waals surface area contributed by atoms with Gasteiger partial charge in [0.15, 0.2) is 0 Å². The molecule has 0 saturated carbocycles. The Labute approximate surface area is 114 Å². The molecule has 2 aromatic carbocycles. The molecule has 0 spiro atoms. The first kappa shape index (κ1) is 14.1. The highest BCUT2D eigenvalue weighted by Gasteiger charge is 2.16. The Morgan fingerprint density at radius 3 is 1.53 bits per heavy atom. The van der Waals surface area contributed by atoms with Gasteiger partial charge in [0.1, 0.15) is 0 Å². The minimum Gasteiger partial charge on any atom is -0.312 e. The van der Waals surface area contributed by atoms with Crippen LogP contribution in [0.2, 0.25) is 0 Å². The van der Waals surface area contributed by atoms with Crippen molar-refractivity contribution in [1.82, 2.24) is 0 Å². The van der Waals surface area contributed by atoms with Gasteiger partial charge >= 0.3 is 0 Å². The summed E-state index contributed by atoms with van der Waals surface area (Å²) in [6.07, 6.45) is 0. The molecule has 0 saturated heterocycles. The zero-order chi connectivity index (χ0) is 13.6. The van der Waals surface area contributed by atoms with E-state index < -0.39 is 7.47 Å². The molecule has 0 atom stereocenters. The van der Waals surface area contributed by atoms with Gasteiger partial charge in [-0.15, -0.1) is 0 Å². The number of hydrogen-bond donors (Lipinski definition) is 0. The van der Waals surface area contributed by atoms with Crippen molar-refractivity contribution in [3.05, 3.63) is 71.8 Å². The lowest BCUT2D eigenvalue weighted by molar-refractivity contribution is 0.205. The van der Waals surface area contributed by atoms with Crippen molar-refractivity contribution in [3.63, 3.8) is 0 Å². The molecule has 0 aliphatic carbocycles. The third kappa shape index (κ3) is 5.03. The summed E-state index contributed by atoms with van der Waals surface area (Å²) in [5.74, 6) is 0. The van der Waals surface area contributed by atoms with Crippen molar-refractivity contribution >= 4 is 15.0 Å². The summed E-state index contributed by atoms with van der Waals surface area (Å²) in [5, 5.41) is 0. The van der Waals surface area contributed by atoms with Crippen LogP contribution < -0.4 is 0 Å². The molecule has 0 aliphatic rings. The number of hydrogen-bond acceptors (Lipinski definition) is 3. The fourth-order valence-corrected chi connectivity index (χ4v) is 2.25. The molecule has 0 amide bonds. The summed E-state index contributed by atoms with van der Waals surface area (Å²) in [6, 6.07) is 18.8. The molecule has 5 heteroatoms. The SMILES string of the molecule is [B]P(=O)(OCc1ccccc1)OCc1ccccc1. The molecule has 2 aromatic rings. The molecule has 0 unspecified atom stereocenters. The lowest BCUT2D eigenvalue weighted by Crippen LogP contribution is -1.97. The van der Waals surface area contributed by atoms with E-state index in [1.807, 2.05) is 60.7 Å². The first-order valence-corrected chi connectivity index (χ1v) is 7.52. The summed E-state index contributed by atoms with van der Waals surface area (Å²) >= 11 is 0. The monoisotopic (exact) mass is 272 g/mol. The predicted molar refractivity (Wildman–Crippen MR) is 75.8 cm³/mol. The second-order valence-electron chi connectivity index (χ2n) is 4.06. The highest BCUT2D eigenvalue weighted by molar-refractivity contribution is 7.79. The highest BCUT2D eigenvalue weighted by atomic mass is 31.2. The Kier molecular flexibility index (Phi) is 4.97. The van der Waals surface area contributed by atoms with Crippen molar-refractivity contribution < 1.29 is 13.6 Å². The van der Waals surface area contributed by atoms with Gasteiger partial charge in [-0.25, -0.2) is 0 Å². The topological polar surface area (TPSA) is 35.5 Å². The van der Waals surface area contributed by atoms with Crippen LogP contribution in [0.5, 0.6) is 0 Å². The lowest BCUT2D eigenvalue weighted by Gasteiger charge is -2.15. The first-order valence-electron chi connectivity index (χ1n) is 5.91. The molecule has 0 heterocycles. The van der Waals surface area contributed by atoms with E-state index in [2.05, 4.69) is 0 Å². The van der Waals surface area contributed by atoms with Gasteiger partial charge in [-0.3, -0.25) is 4.57 Å². The second kappa shape index (κ2) is 6.71. The third-order valence-electron chi connectivity index (χ3n) is 2.51. The molecule has 96 valence electrons. The Hall–Kier alpha value is -1.35. The van der Waals surface area contributed by atoms with Crippen LogP contribution in [0.4, 0.5) is 0 Å². The fraction of sp³-hybridized carbons (Fsp3) is 0.143. The third-order valence-corrected chi connectivity index (χ3v) is 3.49. The van der Waals surface area contributed by atoms with Crippen molar-refractivity contribution in [3.8, 4) is 0 Å². The van der Waals surface area contributed by atoms with E-state index in [4.69, 9.17) is 16.6 Å². The van der Waals surface area contributed by atoms with Crippen LogP contribution in [0.3, 0.4) is 0 Å². The first-order chi connectivity index (χ1) is 9.16. The van der Waals surface area contributed by atoms with Crippen molar-refractivity contribution in [2.75, 3.05) is 0 Å². The molecule has 3 nitrogen and oxygen atoms in total. The van der Waals surface area contributed by atoms with Gasteiger partial charge in [-0.2, -0.15) is 0 Å². The molecule has 2 radical (unpaired) electrons. The molecular formula is C14H14BO3P. The highest BCUT2D eigenvalue weighted by Crippen LogP contribution is 2.44. The second-order valence-corrected chi connectivity index (χ2v) is 5.65. The average Bonchev–Trinajstić information content (AvgIpc) is 2.46. The maximum absolute atomic E-state index is 11.9. The maximum atomic E-state index is 11.9. The maximum Gasteiger partial charge on any atom is 0.264 e. The van der Waals surface area contributed by atoms with E-state index in [0.717, 1.165) is 11.1 Å². The van der Waals surface area contributed by atoms with Gasteiger partial charge in [0.05, 0.1) is 13.2 Å². The van der Waals surface area contributed by atoms with E-state index in [0.29, 0.717) is 0 Å². The van der Waals surface area contributed by atoms with E-state index in [1.54, 1.807) is 0 Å². The van der Waals surface area contributed by atoms with Crippen LogP contribution in [-0.2, 0) is 26.8 Å². The Balaban J connectivity index is 1.84. The molecular weight excluding hydrogens is 258 g/mol. The lowest BCUT2D eigenvalue weighted by atomic mass is 10.2. The fourth-order valence-electron chi connectivity index (χ4n) is 1.51. The smallest absolute Gasteiger partial charge is 0.264 e. The summed E-state index contributed by atoms with van der Waals surface area (Å²) in [7, 11) is 2.00. The largest absolute Gasteiger partial charge is 0.312 e. The summed E-state index contributed by atoms with van der Waals surface area (Å²) in [6.45, 7) is 0.340. The van der Waals surface area contributed by atoms with E-state index in [1.165, 1.54) is 0 Å². The summed E-state index contributed by atoms with van der Waals surface area (Å²) < 4.78 is 22.2. The molecule has 19 heavy (non-hydrogen) atoms. The number of benzene rings is 2. The molecule has 0 fully saturated rings. The Morgan fingerprint density at radius 1 is 0.789 bits per heavy atom. The molecule has 2 rings (SSSR count). The zero-order valence-electron chi connectivity index (χ0n) is 10.4. The van der Waals surface area contributed by atoms with Gasteiger partial charge in [0.25, 0.3) is 7.47 Å². The van der Waals surface area contributed by atoms with Gasteiger partial charge in [-0.05, 0) is 11.1 Å². The van der Waals surface area contributed by atoms with E-state index in [9.17, 15) is 4.57 Å². The van der Waals surface area contributed by atoms with Crippen LogP contribution in [-0.4, -0.2) is 7.57 Å². The van der Waals surface area contributed by atoms with Gasteiger partial charge in [0, 0.05) is 0 Å². The minimum atomic E-state index is -3.52. The van der Waals surface area contributed by atoms with Gasteiger partial charge in [0.2, 0.25) is 7.57 Å². The Bertz CT molecular complexity index is 498. The molecule has 0 bridgehead atoms. The number of rotatable bonds is 6. The van der Waals surface area contributed by atoms with E-state index in [-0.39, 0.29) is 13.2 Å². The van der Waals surface area contributed by atoms with Crippen LogP contribution in [0.15, 0.2) is 60.7 Å². The standard InChI is InChI=1S/C14H14BO3P/c15-19(16,17-11-13-7-3-1-4-8-13)18-12-14-9-5-2-6-10-14/h1-10H,11-12H2. The normalized spacial score (nSPS) is 11.4. The van der Waals surface area contributed by atoms with Crippen molar-refractivity contribution in [2.24, 2.45) is 0 Å². The van der Waals surface area contributed by atoms with Crippen molar-refractivity contribution in [2.45, 2.75) is 13.2 Å². The minimum absolute atomic E-state index is 0.170.